The van der Waals surface area contributed by atoms with Gasteiger partial charge in [-0.15, -0.1) is 0 Å². The average molecular weight is 346 g/mol. The van der Waals surface area contributed by atoms with Crippen LogP contribution in [0.15, 0.2) is 54.3 Å². The summed E-state index contributed by atoms with van der Waals surface area (Å²) in [5.41, 5.74) is 3.52. The summed E-state index contributed by atoms with van der Waals surface area (Å²) in [6, 6.07) is 15.5. The lowest BCUT2D eigenvalue weighted by atomic mass is 9.86. The number of ether oxygens (including phenoxy) is 3. The quantitative estimate of drug-likeness (QED) is 0.686. The predicted molar refractivity (Wildman–Crippen MR) is 102 cm³/mol. The van der Waals surface area contributed by atoms with Gasteiger partial charge in [-0.25, -0.2) is 0 Å². The van der Waals surface area contributed by atoms with Gasteiger partial charge in [-0.05, 0) is 34.7 Å². The summed E-state index contributed by atoms with van der Waals surface area (Å²) in [5, 5.41) is 1.96. The van der Waals surface area contributed by atoms with Crippen molar-refractivity contribution < 1.29 is 19.0 Å². The van der Waals surface area contributed by atoms with Crippen LogP contribution in [-0.2, 0) is 4.74 Å². The summed E-state index contributed by atoms with van der Waals surface area (Å²) in [5.74, 6) is 1.68. The highest BCUT2D eigenvalue weighted by Gasteiger charge is 2.25. The van der Waals surface area contributed by atoms with Crippen LogP contribution in [0.4, 0.5) is 0 Å². The Kier molecular flexibility index (Phi) is 3.88. The Balaban J connectivity index is 2.06. The van der Waals surface area contributed by atoms with Crippen molar-refractivity contribution in [1.82, 2.24) is 0 Å². The van der Waals surface area contributed by atoms with E-state index in [1.165, 1.54) is 7.11 Å². The maximum atomic E-state index is 12.7. The van der Waals surface area contributed by atoms with E-state index in [1.807, 2.05) is 54.6 Å². The molecule has 0 saturated heterocycles. The van der Waals surface area contributed by atoms with E-state index < -0.39 is 0 Å². The van der Waals surface area contributed by atoms with Gasteiger partial charge in [0.15, 0.2) is 5.76 Å². The van der Waals surface area contributed by atoms with Crippen molar-refractivity contribution in [3.63, 3.8) is 0 Å². The molecule has 0 N–H and O–H groups in total. The third kappa shape index (κ3) is 2.34. The molecule has 0 heterocycles. The van der Waals surface area contributed by atoms with Gasteiger partial charge < -0.3 is 14.2 Å². The Hall–Kier alpha value is -3.27. The van der Waals surface area contributed by atoms with Crippen molar-refractivity contribution in [3.8, 4) is 22.6 Å². The molecule has 0 spiro atoms. The van der Waals surface area contributed by atoms with E-state index >= 15 is 0 Å². The highest BCUT2D eigenvalue weighted by Crippen LogP contribution is 2.41. The van der Waals surface area contributed by atoms with E-state index in [4.69, 9.17) is 14.2 Å². The van der Waals surface area contributed by atoms with E-state index in [1.54, 1.807) is 14.2 Å². The zero-order chi connectivity index (χ0) is 18.3. The van der Waals surface area contributed by atoms with Crippen LogP contribution in [0.25, 0.3) is 28.0 Å². The third-order valence-electron chi connectivity index (χ3n) is 4.75. The van der Waals surface area contributed by atoms with Crippen molar-refractivity contribution >= 4 is 22.6 Å². The minimum atomic E-state index is -0.0931. The van der Waals surface area contributed by atoms with E-state index in [-0.39, 0.29) is 5.78 Å². The molecule has 26 heavy (non-hydrogen) atoms. The summed E-state index contributed by atoms with van der Waals surface area (Å²) in [7, 11) is 4.78. The van der Waals surface area contributed by atoms with Crippen molar-refractivity contribution in [2.45, 2.75) is 0 Å². The van der Waals surface area contributed by atoms with Crippen molar-refractivity contribution in [3.05, 3.63) is 65.4 Å². The molecule has 0 aliphatic heterocycles. The highest BCUT2D eigenvalue weighted by atomic mass is 16.5. The summed E-state index contributed by atoms with van der Waals surface area (Å²) in [6.07, 6.45) is 1.82. The first kappa shape index (κ1) is 16.2. The second kappa shape index (κ2) is 6.23. The van der Waals surface area contributed by atoms with Crippen LogP contribution in [0, 0.1) is 0 Å². The fraction of sp³-hybridized carbons (Fsp3) is 0.136. The second-order valence-corrected chi connectivity index (χ2v) is 6.04. The number of Topliss-reactive ketones (excluding diaryl/α,β-unsaturated/α-hetero) is 1. The molecule has 4 rings (SSSR count). The van der Waals surface area contributed by atoms with Gasteiger partial charge in [-0.1, -0.05) is 30.3 Å². The molecule has 1 aliphatic carbocycles. The lowest BCUT2D eigenvalue weighted by Crippen LogP contribution is -2.11. The van der Waals surface area contributed by atoms with Crippen LogP contribution in [0.3, 0.4) is 0 Å². The van der Waals surface area contributed by atoms with E-state index in [9.17, 15) is 4.79 Å². The van der Waals surface area contributed by atoms with Crippen LogP contribution in [-0.4, -0.2) is 27.1 Å². The lowest BCUT2D eigenvalue weighted by molar-refractivity contribution is 0.0957. The maximum absolute atomic E-state index is 12.7. The fourth-order valence-electron chi connectivity index (χ4n) is 3.48. The number of carbonyl (C=O) groups is 1. The molecule has 0 unspecified atom stereocenters. The van der Waals surface area contributed by atoms with Crippen molar-refractivity contribution in [1.29, 1.82) is 0 Å². The monoisotopic (exact) mass is 346 g/mol. The SMILES string of the molecule is COC1=Cc2c(-c3ccc(OC)cc3OC)ccc3cccc(c23)C1=O. The van der Waals surface area contributed by atoms with Crippen LogP contribution in [0.2, 0.25) is 0 Å². The second-order valence-electron chi connectivity index (χ2n) is 6.04. The smallest absolute Gasteiger partial charge is 0.228 e. The molecule has 130 valence electrons. The first-order chi connectivity index (χ1) is 12.7. The van der Waals surface area contributed by atoms with Crippen molar-refractivity contribution in [2.75, 3.05) is 21.3 Å². The van der Waals surface area contributed by atoms with Gasteiger partial charge in [-0.2, -0.15) is 0 Å². The summed E-state index contributed by atoms with van der Waals surface area (Å²) < 4.78 is 16.2. The number of allylic oxidation sites excluding steroid dienone is 1. The summed E-state index contributed by atoms with van der Waals surface area (Å²) in [6.45, 7) is 0. The molecule has 0 amide bonds. The van der Waals surface area contributed by atoms with E-state index in [0.717, 1.165) is 33.2 Å². The number of hydrogen-bond acceptors (Lipinski definition) is 4. The first-order valence-electron chi connectivity index (χ1n) is 8.26. The van der Waals surface area contributed by atoms with E-state index in [0.29, 0.717) is 17.1 Å². The maximum Gasteiger partial charge on any atom is 0.228 e. The largest absolute Gasteiger partial charge is 0.497 e. The number of methoxy groups -OCH3 is 3. The molecule has 0 saturated carbocycles. The number of rotatable bonds is 4. The van der Waals surface area contributed by atoms with Gasteiger partial charge in [0.25, 0.3) is 0 Å². The summed E-state index contributed by atoms with van der Waals surface area (Å²) >= 11 is 0. The molecule has 4 nitrogen and oxygen atoms in total. The van der Waals surface area contributed by atoms with Gasteiger partial charge in [0.05, 0.1) is 21.3 Å². The minimum absolute atomic E-state index is 0.0931. The van der Waals surface area contributed by atoms with Crippen molar-refractivity contribution in [2.24, 2.45) is 0 Å². The lowest BCUT2D eigenvalue weighted by Gasteiger charge is -2.20. The summed E-state index contributed by atoms with van der Waals surface area (Å²) in [4.78, 5) is 12.7. The Labute approximate surface area is 151 Å². The molecule has 3 aromatic carbocycles. The standard InChI is InChI=1S/C22H18O4/c1-24-14-8-10-16(19(11-14)25-2)15-9-7-13-5-4-6-17-21(13)18(15)12-20(26-3)22(17)23/h4-12H,1-3H3. The van der Waals surface area contributed by atoms with Crippen LogP contribution in [0.1, 0.15) is 15.9 Å². The minimum Gasteiger partial charge on any atom is -0.497 e. The molecular formula is C22H18O4. The molecule has 3 aromatic rings. The van der Waals surface area contributed by atoms with Crippen LogP contribution >= 0.6 is 0 Å². The molecule has 0 atom stereocenters. The third-order valence-corrected chi connectivity index (χ3v) is 4.75. The topological polar surface area (TPSA) is 44.8 Å². The Morgan fingerprint density at radius 2 is 1.58 bits per heavy atom. The van der Waals surface area contributed by atoms with Gasteiger partial charge >= 0.3 is 0 Å². The number of carbonyl (C=O) groups excluding carboxylic acids is 1. The van der Waals surface area contributed by atoms with Crippen LogP contribution in [0.5, 0.6) is 11.5 Å². The first-order valence-corrected chi connectivity index (χ1v) is 8.26. The fourth-order valence-corrected chi connectivity index (χ4v) is 3.48. The normalized spacial score (nSPS) is 12.7. The van der Waals surface area contributed by atoms with Gasteiger partial charge in [0.2, 0.25) is 5.78 Å². The Bertz CT molecular complexity index is 1060. The predicted octanol–water partition coefficient (Wildman–Crippen LogP) is 4.71. The highest BCUT2D eigenvalue weighted by molar-refractivity contribution is 6.23. The molecular weight excluding hydrogens is 328 g/mol. The molecule has 0 bridgehead atoms. The molecule has 0 radical (unpaired) electrons. The van der Waals surface area contributed by atoms with Gasteiger partial charge in [0, 0.05) is 22.6 Å². The van der Waals surface area contributed by atoms with Gasteiger partial charge in [0.1, 0.15) is 11.5 Å². The number of hydrogen-bond donors (Lipinski definition) is 0. The van der Waals surface area contributed by atoms with Gasteiger partial charge in [-0.3, -0.25) is 4.79 Å². The number of benzene rings is 3. The van der Waals surface area contributed by atoms with E-state index in [2.05, 4.69) is 0 Å². The zero-order valence-corrected chi connectivity index (χ0v) is 14.8. The molecule has 1 aliphatic rings. The molecule has 0 fully saturated rings. The number of ketones is 1. The molecule has 4 heteroatoms. The van der Waals surface area contributed by atoms with Crippen LogP contribution < -0.4 is 9.47 Å². The molecule has 0 aromatic heterocycles. The Morgan fingerprint density at radius 1 is 0.769 bits per heavy atom. The average Bonchev–Trinajstić information content (AvgIpc) is 2.70. The Morgan fingerprint density at radius 3 is 2.31 bits per heavy atom. The zero-order valence-electron chi connectivity index (χ0n) is 14.8.